The smallest absolute Gasteiger partial charge is 0.249 e. The Labute approximate surface area is 123 Å². The molecule has 1 aliphatic heterocycles. The van der Waals surface area contributed by atoms with Crippen molar-refractivity contribution in [3.8, 4) is 0 Å². The first-order valence-corrected chi connectivity index (χ1v) is 7.40. The predicted molar refractivity (Wildman–Crippen MR) is 75.9 cm³/mol. The molecule has 2 fully saturated rings. The van der Waals surface area contributed by atoms with Crippen LogP contribution in [0, 0.1) is 5.82 Å². The van der Waals surface area contributed by atoms with E-state index in [1.54, 1.807) is 25.1 Å². The lowest BCUT2D eigenvalue weighted by Gasteiger charge is -2.42. The molecule has 2 amide bonds. The number of piperazine rings is 1. The number of hydrogen-bond acceptors (Lipinski definition) is 2. The van der Waals surface area contributed by atoms with E-state index in [4.69, 9.17) is 0 Å². The first-order chi connectivity index (χ1) is 10.0. The van der Waals surface area contributed by atoms with Crippen molar-refractivity contribution < 1.29 is 14.0 Å². The van der Waals surface area contributed by atoms with Crippen molar-refractivity contribution in [2.45, 2.75) is 44.2 Å². The van der Waals surface area contributed by atoms with Crippen LogP contribution in [0.4, 0.5) is 4.39 Å². The van der Waals surface area contributed by atoms with Gasteiger partial charge in [-0.25, -0.2) is 4.39 Å². The topological polar surface area (TPSA) is 49.4 Å². The summed E-state index contributed by atoms with van der Waals surface area (Å²) < 4.78 is 13.9. The fourth-order valence-electron chi connectivity index (χ4n) is 3.47. The molecule has 1 saturated heterocycles. The molecule has 1 N–H and O–H groups in total. The van der Waals surface area contributed by atoms with Gasteiger partial charge in [-0.1, -0.05) is 31.0 Å². The van der Waals surface area contributed by atoms with E-state index in [1.165, 1.54) is 11.0 Å². The van der Waals surface area contributed by atoms with Crippen molar-refractivity contribution in [2.24, 2.45) is 0 Å². The lowest BCUT2D eigenvalue weighted by molar-refractivity contribution is -0.152. The summed E-state index contributed by atoms with van der Waals surface area (Å²) in [6.07, 6.45) is 3.23. The third kappa shape index (κ3) is 2.30. The van der Waals surface area contributed by atoms with Crippen LogP contribution in [0.15, 0.2) is 24.3 Å². The van der Waals surface area contributed by atoms with E-state index < -0.39 is 11.6 Å². The van der Waals surface area contributed by atoms with Crippen LogP contribution in [0.2, 0.25) is 0 Å². The van der Waals surface area contributed by atoms with Crippen LogP contribution in [-0.4, -0.2) is 28.8 Å². The number of nitrogens with one attached hydrogen (secondary N) is 1. The molecule has 1 heterocycles. The van der Waals surface area contributed by atoms with E-state index in [0.717, 1.165) is 12.8 Å². The van der Waals surface area contributed by atoms with E-state index in [0.29, 0.717) is 18.4 Å². The molecular formula is C16H19FN2O2. The number of carbonyl (C=O) groups is 2. The molecule has 0 bridgehead atoms. The molecule has 5 heteroatoms. The van der Waals surface area contributed by atoms with Crippen LogP contribution >= 0.6 is 0 Å². The van der Waals surface area contributed by atoms with Crippen LogP contribution in [-0.2, 0) is 9.59 Å². The van der Waals surface area contributed by atoms with Gasteiger partial charge < -0.3 is 10.2 Å². The number of halogens is 1. The minimum Gasteiger partial charge on any atom is -0.340 e. The van der Waals surface area contributed by atoms with Gasteiger partial charge in [0.15, 0.2) is 0 Å². The highest BCUT2D eigenvalue weighted by atomic mass is 19.1. The highest BCUT2D eigenvalue weighted by Gasteiger charge is 2.49. The maximum Gasteiger partial charge on any atom is 0.249 e. The minimum atomic E-state index is -0.755. The molecule has 1 aliphatic carbocycles. The molecule has 2 aliphatic rings. The van der Waals surface area contributed by atoms with Gasteiger partial charge in [0.2, 0.25) is 11.8 Å². The summed E-state index contributed by atoms with van der Waals surface area (Å²) >= 11 is 0. The SMILES string of the molecule is CC(c1ccccc1F)N1CC(=O)NC2(CCCC2)C1=O. The van der Waals surface area contributed by atoms with Gasteiger partial charge in [0.25, 0.3) is 0 Å². The lowest BCUT2D eigenvalue weighted by atomic mass is 9.91. The van der Waals surface area contributed by atoms with Gasteiger partial charge in [0, 0.05) is 5.56 Å². The molecule has 0 aromatic heterocycles. The first kappa shape index (κ1) is 14.0. The fraction of sp³-hybridized carbons (Fsp3) is 0.500. The standard InChI is InChI=1S/C16H19FN2O2/c1-11(12-6-2-3-7-13(12)17)19-10-14(20)18-16(15(19)21)8-4-5-9-16/h2-3,6-7,11H,4-5,8-10H2,1H3,(H,18,20). The van der Waals surface area contributed by atoms with Crippen molar-refractivity contribution in [1.82, 2.24) is 10.2 Å². The van der Waals surface area contributed by atoms with E-state index in [9.17, 15) is 14.0 Å². The van der Waals surface area contributed by atoms with Crippen LogP contribution < -0.4 is 5.32 Å². The van der Waals surface area contributed by atoms with Crippen LogP contribution in [0.1, 0.15) is 44.2 Å². The zero-order valence-corrected chi connectivity index (χ0v) is 12.1. The average molecular weight is 290 g/mol. The number of amides is 2. The van der Waals surface area contributed by atoms with E-state index >= 15 is 0 Å². The van der Waals surface area contributed by atoms with E-state index in [1.807, 2.05) is 0 Å². The second kappa shape index (κ2) is 5.13. The Morgan fingerprint density at radius 3 is 2.57 bits per heavy atom. The Hall–Kier alpha value is -1.91. The minimum absolute atomic E-state index is 0.00388. The Kier molecular flexibility index (Phi) is 3.43. The fourth-order valence-corrected chi connectivity index (χ4v) is 3.47. The number of benzene rings is 1. The van der Waals surface area contributed by atoms with Crippen LogP contribution in [0.3, 0.4) is 0 Å². The Balaban J connectivity index is 1.92. The average Bonchev–Trinajstić information content (AvgIpc) is 2.92. The predicted octanol–water partition coefficient (Wildman–Crippen LogP) is 2.16. The normalized spacial score (nSPS) is 22.5. The van der Waals surface area contributed by atoms with Crippen molar-refractivity contribution >= 4 is 11.8 Å². The highest BCUT2D eigenvalue weighted by molar-refractivity contribution is 5.98. The summed E-state index contributed by atoms with van der Waals surface area (Å²) in [6, 6.07) is 5.97. The first-order valence-electron chi connectivity index (χ1n) is 7.40. The summed E-state index contributed by atoms with van der Waals surface area (Å²) in [7, 11) is 0. The largest absolute Gasteiger partial charge is 0.340 e. The molecule has 4 nitrogen and oxygen atoms in total. The third-order valence-corrected chi connectivity index (χ3v) is 4.64. The summed E-state index contributed by atoms with van der Waals surface area (Å²) in [6.45, 7) is 1.77. The van der Waals surface area contributed by atoms with Crippen molar-refractivity contribution in [3.63, 3.8) is 0 Å². The number of hydrogen-bond donors (Lipinski definition) is 1. The Morgan fingerprint density at radius 1 is 1.24 bits per heavy atom. The maximum absolute atomic E-state index is 13.9. The van der Waals surface area contributed by atoms with Gasteiger partial charge in [-0.2, -0.15) is 0 Å². The third-order valence-electron chi connectivity index (χ3n) is 4.64. The summed E-state index contributed by atoms with van der Waals surface area (Å²) in [5.41, 5.74) is -0.303. The molecular weight excluding hydrogens is 271 g/mol. The van der Waals surface area contributed by atoms with Crippen molar-refractivity contribution in [3.05, 3.63) is 35.6 Å². The van der Waals surface area contributed by atoms with E-state index in [-0.39, 0.29) is 24.2 Å². The molecule has 3 rings (SSSR count). The van der Waals surface area contributed by atoms with Gasteiger partial charge in [-0.15, -0.1) is 0 Å². The summed E-state index contributed by atoms with van der Waals surface area (Å²) in [5.74, 6) is -0.570. The van der Waals surface area contributed by atoms with Crippen LogP contribution in [0.5, 0.6) is 0 Å². The van der Waals surface area contributed by atoms with Crippen molar-refractivity contribution in [2.75, 3.05) is 6.54 Å². The zero-order chi connectivity index (χ0) is 15.0. The molecule has 1 spiro atoms. The Bertz CT molecular complexity index is 581. The number of carbonyl (C=O) groups excluding carboxylic acids is 2. The van der Waals surface area contributed by atoms with Gasteiger partial charge >= 0.3 is 0 Å². The second-order valence-corrected chi connectivity index (χ2v) is 5.97. The van der Waals surface area contributed by atoms with Crippen LogP contribution in [0.25, 0.3) is 0 Å². The maximum atomic E-state index is 13.9. The quantitative estimate of drug-likeness (QED) is 0.907. The van der Waals surface area contributed by atoms with E-state index in [2.05, 4.69) is 5.32 Å². The molecule has 1 aromatic rings. The highest BCUT2D eigenvalue weighted by Crippen LogP contribution is 2.36. The monoisotopic (exact) mass is 290 g/mol. The summed E-state index contributed by atoms with van der Waals surface area (Å²) in [5, 5.41) is 2.87. The number of nitrogens with zero attached hydrogens (tertiary/aromatic N) is 1. The molecule has 1 saturated carbocycles. The molecule has 1 aromatic carbocycles. The second-order valence-electron chi connectivity index (χ2n) is 5.97. The van der Waals surface area contributed by atoms with Gasteiger partial charge in [0.05, 0.1) is 6.04 Å². The summed E-state index contributed by atoms with van der Waals surface area (Å²) in [4.78, 5) is 26.3. The molecule has 1 unspecified atom stereocenters. The molecule has 21 heavy (non-hydrogen) atoms. The lowest BCUT2D eigenvalue weighted by Crippen LogP contribution is -2.65. The van der Waals surface area contributed by atoms with Gasteiger partial charge in [-0.3, -0.25) is 9.59 Å². The number of rotatable bonds is 2. The zero-order valence-electron chi connectivity index (χ0n) is 12.1. The van der Waals surface area contributed by atoms with Crippen molar-refractivity contribution in [1.29, 1.82) is 0 Å². The molecule has 112 valence electrons. The Morgan fingerprint density at radius 2 is 1.90 bits per heavy atom. The van der Waals surface area contributed by atoms with Gasteiger partial charge in [0.1, 0.15) is 17.9 Å². The molecule has 0 radical (unpaired) electrons. The van der Waals surface area contributed by atoms with Gasteiger partial charge in [-0.05, 0) is 25.8 Å². The molecule has 1 atom stereocenters.